The van der Waals surface area contributed by atoms with E-state index < -0.39 is 4.92 Å². The van der Waals surface area contributed by atoms with Crippen LogP contribution in [0.3, 0.4) is 0 Å². The van der Waals surface area contributed by atoms with E-state index in [1.165, 1.54) is 23.9 Å². The smallest absolute Gasteiger partial charge is 0.294 e. The molecule has 11 heteroatoms. The molecule has 1 amide bonds. The van der Waals surface area contributed by atoms with Gasteiger partial charge < -0.3 is 10.1 Å². The molecule has 0 fully saturated rings. The van der Waals surface area contributed by atoms with Gasteiger partial charge in [0.05, 0.1) is 23.4 Å². The first kappa shape index (κ1) is 24.1. The molecule has 2 aromatic carbocycles. The van der Waals surface area contributed by atoms with Crippen LogP contribution in [0.25, 0.3) is 5.69 Å². The number of carbonyl (C=O) groups is 1. The molecule has 0 bridgehead atoms. The van der Waals surface area contributed by atoms with Crippen molar-refractivity contribution in [2.24, 2.45) is 10.2 Å². The van der Waals surface area contributed by atoms with E-state index >= 15 is 0 Å². The van der Waals surface area contributed by atoms with E-state index in [-0.39, 0.29) is 28.7 Å². The zero-order valence-electron chi connectivity index (χ0n) is 19.0. The molecule has 1 aromatic heterocycles. The van der Waals surface area contributed by atoms with E-state index in [1.807, 2.05) is 13.0 Å². The predicted molar refractivity (Wildman–Crippen MR) is 125 cm³/mol. The minimum Gasteiger partial charge on any atom is -0.497 e. The van der Waals surface area contributed by atoms with Crippen LogP contribution in [-0.2, 0) is 4.79 Å². The number of ether oxygens (including phenoxy) is 1. The SMILES string of the molecule is CCCCC(=O)Nc1cc(OC)ccc1N=Nc1nn(-c2ccccc2[N+](=O)[O-])c(C)c1C#N. The second-order valence-electron chi connectivity index (χ2n) is 7.29. The molecule has 0 unspecified atom stereocenters. The number of methoxy groups -OCH3 is 1. The van der Waals surface area contributed by atoms with Gasteiger partial charge in [0.1, 0.15) is 28.8 Å². The normalized spacial score (nSPS) is 10.8. The topological polar surface area (TPSA) is 148 Å². The van der Waals surface area contributed by atoms with Gasteiger partial charge >= 0.3 is 0 Å². The lowest BCUT2D eigenvalue weighted by molar-refractivity contribution is -0.384. The lowest BCUT2D eigenvalue weighted by atomic mass is 10.2. The van der Waals surface area contributed by atoms with Gasteiger partial charge in [-0.3, -0.25) is 14.9 Å². The fourth-order valence-corrected chi connectivity index (χ4v) is 3.20. The van der Waals surface area contributed by atoms with Crippen LogP contribution in [0.1, 0.15) is 37.4 Å². The quantitative estimate of drug-likeness (QED) is 0.252. The number of nitrogens with zero attached hydrogens (tertiary/aromatic N) is 6. The van der Waals surface area contributed by atoms with E-state index in [0.717, 1.165) is 12.8 Å². The van der Waals surface area contributed by atoms with Crippen molar-refractivity contribution in [3.05, 3.63) is 63.8 Å². The summed E-state index contributed by atoms with van der Waals surface area (Å²) in [5.74, 6) is 0.358. The van der Waals surface area contributed by atoms with Gasteiger partial charge in [-0.05, 0) is 31.5 Å². The summed E-state index contributed by atoms with van der Waals surface area (Å²) in [6.45, 7) is 3.62. The Morgan fingerprint density at radius 1 is 1.29 bits per heavy atom. The number of nitrogens with one attached hydrogen (secondary N) is 1. The summed E-state index contributed by atoms with van der Waals surface area (Å²) in [6.07, 6.45) is 2.00. The summed E-state index contributed by atoms with van der Waals surface area (Å²) in [6, 6.07) is 13.0. The molecule has 0 saturated carbocycles. The Balaban J connectivity index is 2.01. The van der Waals surface area contributed by atoms with Crippen LogP contribution in [0.4, 0.5) is 22.9 Å². The second-order valence-corrected chi connectivity index (χ2v) is 7.29. The first-order valence-electron chi connectivity index (χ1n) is 10.5. The zero-order chi connectivity index (χ0) is 24.7. The number of nitriles is 1. The van der Waals surface area contributed by atoms with E-state index in [9.17, 15) is 20.2 Å². The molecule has 174 valence electrons. The van der Waals surface area contributed by atoms with Crippen molar-refractivity contribution in [2.45, 2.75) is 33.1 Å². The van der Waals surface area contributed by atoms with Gasteiger partial charge in [0, 0.05) is 18.6 Å². The number of amides is 1. The van der Waals surface area contributed by atoms with E-state index in [2.05, 4.69) is 20.6 Å². The Bertz CT molecular complexity index is 1290. The minimum absolute atomic E-state index is 0.00257. The molecular weight excluding hydrogens is 438 g/mol. The number of nitro benzene ring substituents is 1. The summed E-state index contributed by atoms with van der Waals surface area (Å²) >= 11 is 0. The molecule has 0 spiro atoms. The monoisotopic (exact) mass is 461 g/mol. The van der Waals surface area contributed by atoms with E-state index in [0.29, 0.717) is 29.2 Å². The number of hydrogen-bond donors (Lipinski definition) is 1. The van der Waals surface area contributed by atoms with Crippen LogP contribution in [0, 0.1) is 28.4 Å². The van der Waals surface area contributed by atoms with Gasteiger partial charge in [0.2, 0.25) is 11.7 Å². The van der Waals surface area contributed by atoms with Crippen molar-refractivity contribution in [1.29, 1.82) is 5.26 Å². The number of para-hydroxylation sites is 2. The molecule has 0 radical (unpaired) electrons. The summed E-state index contributed by atoms with van der Waals surface area (Å²) in [7, 11) is 1.51. The van der Waals surface area contributed by atoms with Crippen molar-refractivity contribution in [3.63, 3.8) is 0 Å². The average molecular weight is 461 g/mol. The Morgan fingerprint density at radius 3 is 2.74 bits per heavy atom. The number of carbonyl (C=O) groups excluding carboxylic acids is 1. The number of hydrogen-bond acceptors (Lipinski definition) is 8. The fourth-order valence-electron chi connectivity index (χ4n) is 3.20. The number of anilines is 1. The standard InChI is InChI=1S/C23H23N7O4/c1-4-5-10-22(31)25-19-13-16(34-3)11-12-18(19)26-27-23-17(14-24)15(2)29(28-23)20-8-6-7-9-21(20)30(32)33/h6-9,11-13H,4-5,10H2,1-3H3,(H,25,31). The van der Waals surface area contributed by atoms with Crippen molar-refractivity contribution >= 4 is 28.8 Å². The molecule has 0 aliphatic rings. The molecule has 11 nitrogen and oxygen atoms in total. The Kier molecular flexibility index (Phi) is 7.66. The molecule has 0 atom stereocenters. The highest BCUT2D eigenvalue weighted by Gasteiger charge is 2.21. The zero-order valence-corrected chi connectivity index (χ0v) is 19.0. The van der Waals surface area contributed by atoms with Gasteiger partial charge in [-0.25, -0.2) is 4.68 Å². The van der Waals surface area contributed by atoms with Crippen LogP contribution in [0.15, 0.2) is 52.7 Å². The molecule has 3 rings (SSSR count). The van der Waals surface area contributed by atoms with Crippen LogP contribution in [0.2, 0.25) is 0 Å². The van der Waals surface area contributed by atoms with Crippen LogP contribution in [0.5, 0.6) is 5.75 Å². The second kappa shape index (κ2) is 10.8. The van der Waals surface area contributed by atoms with Crippen LogP contribution < -0.4 is 10.1 Å². The maximum absolute atomic E-state index is 12.3. The predicted octanol–water partition coefficient (Wildman–Crippen LogP) is 5.51. The number of benzene rings is 2. The summed E-state index contributed by atoms with van der Waals surface area (Å²) in [5.41, 5.74) is 1.30. The van der Waals surface area contributed by atoms with E-state index in [4.69, 9.17) is 4.74 Å². The third-order valence-corrected chi connectivity index (χ3v) is 5.00. The first-order valence-corrected chi connectivity index (χ1v) is 10.5. The van der Waals surface area contributed by atoms with Crippen molar-refractivity contribution in [1.82, 2.24) is 9.78 Å². The molecule has 34 heavy (non-hydrogen) atoms. The lowest BCUT2D eigenvalue weighted by Crippen LogP contribution is -2.11. The summed E-state index contributed by atoms with van der Waals surface area (Å²) in [4.78, 5) is 23.2. The van der Waals surface area contributed by atoms with Crippen molar-refractivity contribution in [2.75, 3.05) is 12.4 Å². The molecular formula is C23H23N7O4. The third kappa shape index (κ3) is 5.24. The van der Waals surface area contributed by atoms with Crippen LogP contribution in [-0.4, -0.2) is 27.7 Å². The number of rotatable bonds is 9. The highest BCUT2D eigenvalue weighted by Crippen LogP contribution is 2.33. The van der Waals surface area contributed by atoms with Gasteiger partial charge in [-0.2, -0.15) is 5.26 Å². The lowest BCUT2D eigenvalue weighted by Gasteiger charge is -2.09. The third-order valence-electron chi connectivity index (χ3n) is 5.00. The number of azo groups is 1. The molecule has 3 aromatic rings. The Morgan fingerprint density at radius 2 is 2.06 bits per heavy atom. The van der Waals surface area contributed by atoms with Gasteiger partial charge in [0.15, 0.2) is 0 Å². The Hall–Kier alpha value is -4.59. The van der Waals surface area contributed by atoms with Crippen molar-refractivity contribution in [3.8, 4) is 17.5 Å². The largest absolute Gasteiger partial charge is 0.497 e. The van der Waals surface area contributed by atoms with Gasteiger partial charge in [-0.1, -0.05) is 25.5 Å². The van der Waals surface area contributed by atoms with Crippen LogP contribution >= 0.6 is 0 Å². The van der Waals surface area contributed by atoms with Crippen molar-refractivity contribution < 1.29 is 14.5 Å². The maximum atomic E-state index is 12.3. The number of nitro groups is 1. The first-order chi connectivity index (χ1) is 16.4. The fraction of sp³-hybridized carbons (Fsp3) is 0.261. The number of unbranched alkanes of at least 4 members (excludes halogenated alkanes) is 1. The average Bonchev–Trinajstić information content (AvgIpc) is 3.16. The summed E-state index contributed by atoms with van der Waals surface area (Å²) < 4.78 is 6.53. The minimum atomic E-state index is -0.519. The molecule has 0 aliphatic carbocycles. The number of aromatic nitrogens is 2. The Labute approximate surface area is 195 Å². The molecule has 0 aliphatic heterocycles. The van der Waals surface area contributed by atoms with E-state index in [1.54, 1.807) is 37.3 Å². The highest BCUT2D eigenvalue weighted by atomic mass is 16.6. The maximum Gasteiger partial charge on any atom is 0.294 e. The molecule has 1 heterocycles. The molecule has 1 N–H and O–H groups in total. The van der Waals surface area contributed by atoms with Gasteiger partial charge in [0.25, 0.3) is 5.69 Å². The highest BCUT2D eigenvalue weighted by molar-refractivity contribution is 5.94. The summed E-state index contributed by atoms with van der Waals surface area (Å²) in [5, 5.41) is 36.5. The molecule has 0 saturated heterocycles. The van der Waals surface area contributed by atoms with Gasteiger partial charge in [-0.15, -0.1) is 15.3 Å².